The van der Waals surface area contributed by atoms with E-state index < -0.39 is 0 Å². The summed E-state index contributed by atoms with van der Waals surface area (Å²) in [7, 11) is 0. The van der Waals surface area contributed by atoms with Gasteiger partial charge in [-0.05, 0) is 114 Å². The Morgan fingerprint density at radius 1 is 0.346 bits per heavy atom. The first-order valence-corrected chi connectivity index (χ1v) is 19.1. The lowest BCUT2D eigenvalue weighted by atomic mass is 9.87. The number of hydrogen-bond acceptors (Lipinski definition) is 0. The Morgan fingerprint density at radius 2 is 0.673 bits per heavy atom. The SMILES string of the molecule is CCCCc1ccc(C=Cc2ccc(-c3ccc4ccc5c(-c6ccc(C=Cc7ccc(CCCC)cc7)cc6)ccc6ccc3c4c65)cc2)cc1. The van der Waals surface area contributed by atoms with E-state index in [2.05, 4.69) is 184 Å². The summed E-state index contributed by atoms with van der Waals surface area (Å²) >= 11 is 0. The second-order valence-electron chi connectivity index (χ2n) is 14.2. The molecule has 0 aliphatic rings. The Kier molecular flexibility index (Phi) is 9.81. The van der Waals surface area contributed by atoms with Gasteiger partial charge in [-0.3, -0.25) is 0 Å². The molecule has 0 heterocycles. The normalized spacial score (nSPS) is 12.0. The van der Waals surface area contributed by atoms with Crippen LogP contribution in [0.3, 0.4) is 0 Å². The second kappa shape index (κ2) is 15.3. The van der Waals surface area contributed by atoms with Crippen LogP contribution in [-0.4, -0.2) is 0 Å². The fourth-order valence-electron chi connectivity index (χ4n) is 7.59. The minimum atomic E-state index is 1.16. The number of rotatable bonds is 12. The third-order valence-corrected chi connectivity index (χ3v) is 10.6. The highest BCUT2D eigenvalue weighted by Crippen LogP contribution is 2.42. The first-order chi connectivity index (χ1) is 25.7. The zero-order valence-corrected chi connectivity index (χ0v) is 30.4. The molecule has 0 unspecified atom stereocenters. The second-order valence-corrected chi connectivity index (χ2v) is 14.2. The van der Waals surface area contributed by atoms with Crippen molar-refractivity contribution in [2.75, 3.05) is 0 Å². The molecule has 0 nitrogen and oxygen atoms in total. The van der Waals surface area contributed by atoms with Gasteiger partial charge in [0, 0.05) is 0 Å². The van der Waals surface area contributed by atoms with Gasteiger partial charge in [0.1, 0.15) is 0 Å². The Morgan fingerprint density at radius 3 is 1.02 bits per heavy atom. The summed E-state index contributed by atoms with van der Waals surface area (Å²) in [4.78, 5) is 0. The van der Waals surface area contributed by atoms with Crippen LogP contribution < -0.4 is 0 Å². The van der Waals surface area contributed by atoms with E-state index in [1.807, 2.05) is 0 Å². The van der Waals surface area contributed by atoms with E-state index in [4.69, 9.17) is 0 Å². The van der Waals surface area contributed by atoms with Gasteiger partial charge in [-0.25, -0.2) is 0 Å². The molecule has 0 aliphatic heterocycles. The van der Waals surface area contributed by atoms with Crippen LogP contribution in [0.15, 0.2) is 146 Å². The van der Waals surface area contributed by atoms with Crippen molar-refractivity contribution in [2.24, 2.45) is 0 Å². The van der Waals surface area contributed by atoms with Crippen molar-refractivity contribution in [1.82, 2.24) is 0 Å². The van der Waals surface area contributed by atoms with Crippen molar-refractivity contribution in [1.29, 1.82) is 0 Å². The van der Waals surface area contributed by atoms with Gasteiger partial charge in [0.25, 0.3) is 0 Å². The van der Waals surface area contributed by atoms with Gasteiger partial charge in [-0.2, -0.15) is 0 Å². The maximum atomic E-state index is 2.32. The first kappa shape index (κ1) is 33.4. The Labute approximate surface area is 309 Å². The molecule has 0 radical (unpaired) electrons. The molecule has 0 bridgehead atoms. The quantitative estimate of drug-likeness (QED) is 0.0896. The Hall–Kier alpha value is -5.72. The minimum absolute atomic E-state index is 1.16. The average molecular weight is 671 g/mol. The van der Waals surface area contributed by atoms with E-state index in [0.717, 1.165) is 12.8 Å². The number of hydrogen-bond donors (Lipinski definition) is 0. The van der Waals surface area contributed by atoms with E-state index in [1.165, 1.54) is 114 Å². The first-order valence-electron chi connectivity index (χ1n) is 19.1. The molecule has 8 aromatic rings. The van der Waals surface area contributed by atoms with Crippen LogP contribution in [0, 0.1) is 0 Å². The molecule has 0 atom stereocenters. The molecular formula is C52H46. The van der Waals surface area contributed by atoms with E-state index in [0.29, 0.717) is 0 Å². The van der Waals surface area contributed by atoms with Crippen LogP contribution in [0.4, 0.5) is 0 Å². The third-order valence-electron chi connectivity index (χ3n) is 10.6. The zero-order chi connectivity index (χ0) is 35.3. The molecule has 0 saturated carbocycles. The van der Waals surface area contributed by atoms with Crippen LogP contribution in [0.5, 0.6) is 0 Å². The highest BCUT2D eigenvalue weighted by atomic mass is 14.2. The van der Waals surface area contributed by atoms with Crippen molar-refractivity contribution in [2.45, 2.75) is 52.4 Å². The molecule has 0 saturated heterocycles. The third kappa shape index (κ3) is 7.07. The van der Waals surface area contributed by atoms with E-state index >= 15 is 0 Å². The molecule has 0 fully saturated rings. The topological polar surface area (TPSA) is 0 Å². The lowest BCUT2D eigenvalue weighted by Gasteiger charge is -2.16. The lowest BCUT2D eigenvalue weighted by Crippen LogP contribution is -1.89. The molecule has 8 aromatic carbocycles. The molecule has 0 N–H and O–H groups in total. The van der Waals surface area contributed by atoms with Crippen molar-refractivity contribution in [3.63, 3.8) is 0 Å². The molecule has 0 aliphatic carbocycles. The van der Waals surface area contributed by atoms with Crippen LogP contribution in [0.25, 0.3) is 78.9 Å². The molecule has 52 heavy (non-hydrogen) atoms. The maximum Gasteiger partial charge on any atom is -0.00203 e. The summed E-state index contributed by atoms with van der Waals surface area (Å²) in [5, 5.41) is 7.87. The van der Waals surface area contributed by atoms with Crippen LogP contribution in [0.2, 0.25) is 0 Å². The summed E-state index contributed by atoms with van der Waals surface area (Å²) in [5.74, 6) is 0. The van der Waals surface area contributed by atoms with Gasteiger partial charge in [-0.1, -0.05) is 197 Å². The molecule has 0 spiro atoms. The summed E-state index contributed by atoms with van der Waals surface area (Å²) in [6.07, 6.45) is 16.1. The van der Waals surface area contributed by atoms with Crippen LogP contribution >= 0.6 is 0 Å². The summed E-state index contributed by atoms with van der Waals surface area (Å²) in [5.41, 5.74) is 12.8. The summed E-state index contributed by atoms with van der Waals surface area (Å²) in [6, 6.07) is 54.4. The van der Waals surface area contributed by atoms with Gasteiger partial charge < -0.3 is 0 Å². The van der Waals surface area contributed by atoms with Crippen molar-refractivity contribution in [3.05, 3.63) is 179 Å². The summed E-state index contributed by atoms with van der Waals surface area (Å²) in [6.45, 7) is 4.49. The van der Waals surface area contributed by atoms with Crippen molar-refractivity contribution < 1.29 is 0 Å². The fraction of sp³-hybridized carbons (Fsp3) is 0.154. The average Bonchev–Trinajstić information content (AvgIpc) is 3.21. The number of unbranched alkanes of at least 4 members (excludes halogenated alkanes) is 2. The largest absolute Gasteiger partial charge is 0.0654 e. The van der Waals surface area contributed by atoms with Gasteiger partial charge in [0.15, 0.2) is 0 Å². The highest BCUT2D eigenvalue weighted by Gasteiger charge is 2.15. The maximum absolute atomic E-state index is 2.32. The van der Waals surface area contributed by atoms with Crippen molar-refractivity contribution in [3.8, 4) is 22.3 Å². The Balaban J connectivity index is 1.05. The molecule has 0 aromatic heterocycles. The van der Waals surface area contributed by atoms with Gasteiger partial charge >= 0.3 is 0 Å². The van der Waals surface area contributed by atoms with Gasteiger partial charge in [-0.15, -0.1) is 0 Å². The standard InChI is InChI=1S/C52H46/c1-3-5-7-37-9-13-39(14-10-37)17-19-41-21-25-43(26-22-41)47-33-29-45-32-36-50-48(34-30-46-31-35-49(47)51(45)52(46)50)44-27-23-42(24-28-44)20-18-40-15-11-38(12-16-40)8-6-4-2/h9-36H,3-8H2,1-2H3. The predicted octanol–water partition coefficient (Wildman–Crippen LogP) is 14.9. The monoisotopic (exact) mass is 670 g/mol. The molecular weight excluding hydrogens is 625 g/mol. The lowest BCUT2D eigenvalue weighted by molar-refractivity contribution is 0.795. The molecule has 8 rings (SSSR count). The Bertz CT molecular complexity index is 2290. The van der Waals surface area contributed by atoms with E-state index in [-0.39, 0.29) is 0 Å². The zero-order valence-electron chi connectivity index (χ0n) is 30.4. The van der Waals surface area contributed by atoms with Gasteiger partial charge in [0.2, 0.25) is 0 Å². The predicted molar refractivity (Wildman–Crippen MR) is 229 cm³/mol. The number of benzene rings is 8. The van der Waals surface area contributed by atoms with Crippen molar-refractivity contribution >= 4 is 56.6 Å². The summed E-state index contributed by atoms with van der Waals surface area (Å²) < 4.78 is 0. The van der Waals surface area contributed by atoms with E-state index in [9.17, 15) is 0 Å². The van der Waals surface area contributed by atoms with Crippen LogP contribution in [0.1, 0.15) is 72.9 Å². The number of aryl methyl sites for hydroxylation is 2. The van der Waals surface area contributed by atoms with E-state index in [1.54, 1.807) is 0 Å². The minimum Gasteiger partial charge on any atom is -0.0654 e. The molecule has 254 valence electrons. The highest BCUT2D eigenvalue weighted by molar-refractivity contribution is 6.27. The smallest absolute Gasteiger partial charge is 0.00203 e. The molecule has 0 heteroatoms. The molecule has 0 amide bonds. The van der Waals surface area contributed by atoms with Crippen LogP contribution in [-0.2, 0) is 12.8 Å². The van der Waals surface area contributed by atoms with Gasteiger partial charge in [0.05, 0.1) is 0 Å². The fourth-order valence-corrected chi connectivity index (χ4v) is 7.59.